The first-order valence-corrected chi connectivity index (χ1v) is 28.3. The number of allylic oxidation sites excluding steroid dienone is 3. The molecule has 0 fully saturated rings. The maximum absolute atomic E-state index is 12.6. The maximum atomic E-state index is 12.6. The SMILES string of the molecule is C=C(/C=C(C)\C(=C/CC)N=Nc1cc(C)c(N=Nc2c(S(=O)(=O)O)cc3cc(Nc4ccccc4)ccc3c2O)cc1C)N=Nc1cc(C)c(N=Nc2ccc(S(=O)(=O)O)cc2S(=O)(=O)O)cc1OCCCS(=O)(=O)O. The lowest BCUT2D eigenvalue weighted by Crippen LogP contribution is -2.08. The highest BCUT2D eigenvalue weighted by Crippen LogP contribution is 2.43. The molecule has 0 saturated heterocycles. The quantitative estimate of drug-likeness (QED) is 0.0169. The molecule has 0 spiro atoms. The van der Waals surface area contributed by atoms with Gasteiger partial charge in [0.2, 0.25) is 0 Å². The van der Waals surface area contributed by atoms with Crippen molar-refractivity contribution in [2.75, 3.05) is 17.7 Å². The van der Waals surface area contributed by atoms with E-state index < -0.39 is 78.0 Å². The van der Waals surface area contributed by atoms with Crippen molar-refractivity contribution >= 4 is 96.7 Å². The Labute approximate surface area is 438 Å². The Morgan fingerprint density at radius 2 is 1.22 bits per heavy atom. The van der Waals surface area contributed by atoms with E-state index >= 15 is 0 Å². The number of phenols is 1. The molecule has 6 N–H and O–H groups in total. The highest BCUT2D eigenvalue weighted by molar-refractivity contribution is 7.87. The van der Waals surface area contributed by atoms with Crippen LogP contribution in [-0.4, -0.2) is 69.3 Å². The number of ether oxygens (including phenoxy) is 1. The average Bonchev–Trinajstić information content (AvgIpc) is 3.34. The van der Waals surface area contributed by atoms with Gasteiger partial charge in [-0.05, 0) is 147 Å². The van der Waals surface area contributed by atoms with E-state index in [4.69, 9.17) is 4.74 Å². The van der Waals surface area contributed by atoms with Gasteiger partial charge in [0.1, 0.15) is 32.6 Å². The summed E-state index contributed by atoms with van der Waals surface area (Å²) in [4.78, 5) is -2.44. The number of fused-ring (bicyclic) bond motifs is 1. The van der Waals surface area contributed by atoms with Crippen LogP contribution in [-0.2, 0) is 40.5 Å². The summed E-state index contributed by atoms with van der Waals surface area (Å²) in [6.07, 6.45) is 3.80. The van der Waals surface area contributed by atoms with E-state index in [0.29, 0.717) is 62.9 Å². The summed E-state index contributed by atoms with van der Waals surface area (Å²) in [7, 11) is -19.1. The molecule has 0 aliphatic heterocycles. The van der Waals surface area contributed by atoms with Crippen LogP contribution in [0.25, 0.3) is 10.8 Å². The molecule has 6 rings (SSSR count). The molecular weight excluding hydrogens is 1070 g/mol. The number of aromatic hydroxyl groups is 1. The molecule has 6 aromatic carbocycles. The van der Waals surface area contributed by atoms with Crippen molar-refractivity contribution in [1.29, 1.82) is 0 Å². The lowest BCUT2D eigenvalue weighted by molar-refractivity contribution is 0.317. The van der Waals surface area contributed by atoms with Gasteiger partial charge in [-0.2, -0.15) is 59.2 Å². The fourth-order valence-electron chi connectivity index (χ4n) is 7.01. The van der Waals surface area contributed by atoms with Crippen LogP contribution in [0.4, 0.5) is 45.5 Å². The van der Waals surface area contributed by atoms with Crippen molar-refractivity contribution in [3.8, 4) is 11.5 Å². The topological polar surface area (TPSA) is 358 Å². The number of para-hydroxylation sites is 1. The molecule has 0 bridgehead atoms. The molecule has 398 valence electrons. The van der Waals surface area contributed by atoms with Crippen LogP contribution in [0.3, 0.4) is 0 Å². The molecule has 0 saturated carbocycles. The summed E-state index contributed by atoms with van der Waals surface area (Å²) in [6, 6.07) is 23.7. The number of rotatable bonds is 21. The third kappa shape index (κ3) is 15.4. The number of phenolic OH excluding ortho intramolecular Hbond substituents is 1. The van der Waals surface area contributed by atoms with E-state index in [2.05, 4.69) is 52.8 Å². The lowest BCUT2D eigenvalue weighted by Gasteiger charge is -2.12. The van der Waals surface area contributed by atoms with Crippen LogP contribution in [0.2, 0.25) is 0 Å². The van der Waals surface area contributed by atoms with Crippen LogP contribution in [0.15, 0.2) is 188 Å². The first-order valence-electron chi connectivity index (χ1n) is 22.4. The van der Waals surface area contributed by atoms with E-state index in [1.165, 1.54) is 18.2 Å². The van der Waals surface area contributed by atoms with Crippen molar-refractivity contribution in [1.82, 2.24) is 0 Å². The number of nitrogens with zero attached hydrogens (tertiary/aromatic N) is 8. The van der Waals surface area contributed by atoms with Gasteiger partial charge >= 0.3 is 0 Å². The van der Waals surface area contributed by atoms with Gasteiger partial charge in [0.05, 0.1) is 45.7 Å². The molecule has 76 heavy (non-hydrogen) atoms. The zero-order valence-corrected chi connectivity index (χ0v) is 44.3. The minimum absolute atomic E-state index is 0.0107. The molecule has 23 nitrogen and oxygen atoms in total. The monoisotopic (exact) mass is 1120 g/mol. The predicted molar refractivity (Wildman–Crippen MR) is 284 cm³/mol. The van der Waals surface area contributed by atoms with Gasteiger partial charge in [0.15, 0.2) is 5.75 Å². The standard InChI is InChI=1S/C49H49N9O14S4/c1-7-12-39(52-54-41-22-31(4)42(23-30(41)3)56-58-48-47(76(69,70)71)26-34-25-36(15-17-38(34)49(48)59)50-35-13-9-8-10-14-35)29(2)21-33(6)51-57-44-24-32(5)43(28-45(44)72-19-11-20-73(60,61)62)55-53-40-18-16-37(74(63,64)65)27-46(40)75(66,67)68/h8-10,12-18,21-28,50,59H,6-7,11,19-20H2,1-5H3,(H,60,61,62)(H,63,64,65)(H,66,67,68)(H,69,70,71)/b29-21-,39-12+,54-52?,55-53?,57-51?,58-56?. The summed E-state index contributed by atoms with van der Waals surface area (Å²) < 4.78 is 140. The number of azo groups is 4. The Morgan fingerprint density at radius 3 is 1.84 bits per heavy atom. The molecule has 0 amide bonds. The normalized spacial score (nSPS) is 13.2. The zero-order valence-electron chi connectivity index (χ0n) is 41.0. The van der Waals surface area contributed by atoms with Gasteiger partial charge in [0, 0.05) is 22.8 Å². The summed E-state index contributed by atoms with van der Waals surface area (Å²) in [5.74, 6) is -1.14. The fraction of sp³-hybridized carbons (Fsp3) is 0.184. The van der Waals surface area contributed by atoms with E-state index in [1.54, 1.807) is 64.1 Å². The first kappa shape index (κ1) is 57.5. The molecule has 0 aliphatic carbocycles. The maximum Gasteiger partial charge on any atom is 0.296 e. The van der Waals surface area contributed by atoms with E-state index in [-0.39, 0.29) is 41.2 Å². The van der Waals surface area contributed by atoms with Crippen molar-refractivity contribution in [2.24, 2.45) is 40.9 Å². The van der Waals surface area contributed by atoms with E-state index in [9.17, 15) is 57.0 Å². The molecule has 0 atom stereocenters. The van der Waals surface area contributed by atoms with Crippen molar-refractivity contribution in [3.63, 3.8) is 0 Å². The third-order valence-electron chi connectivity index (χ3n) is 10.8. The smallest absolute Gasteiger partial charge is 0.296 e. The van der Waals surface area contributed by atoms with Crippen molar-refractivity contribution < 1.29 is 61.7 Å². The van der Waals surface area contributed by atoms with E-state index in [1.807, 2.05) is 43.3 Å². The van der Waals surface area contributed by atoms with Crippen molar-refractivity contribution in [3.05, 3.63) is 149 Å². The molecular formula is C49H49N9O14S4. The van der Waals surface area contributed by atoms with Crippen LogP contribution >= 0.6 is 0 Å². The Morgan fingerprint density at radius 1 is 0.632 bits per heavy atom. The molecule has 0 heterocycles. The van der Waals surface area contributed by atoms with Gasteiger partial charge in [0.25, 0.3) is 40.5 Å². The minimum atomic E-state index is -5.06. The molecule has 0 radical (unpaired) electrons. The second kappa shape index (κ2) is 23.8. The Hall–Kier alpha value is -7.76. The fourth-order valence-corrected chi connectivity index (χ4v) is 9.38. The van der Waals surface area contributed by atoms with Gasteiger partial charge in [-0.1, -0.05) is 37.8 Å². The Kier molecular flexibility index (Phi) is 18.0. The first-order chi connectivity index (χ1) is 35.6. The summed E-state index contributed by atoms with van der Waals surface area (Å²) >= 11 is 0. The van der Waals surface area contributed by atoms with E-state index in [0.717, 1.165) is 17.8 Å². The molecule has 0 aliphatic rings. The van der Waals surface area contributed by atoms with Crippen LogP contribution in [0.1, 0.15) is 43.4 Å². The van der Waals surface area contributed by atoms with Gasteiger partial charge < -0.3 is 15.2 Å². The predicted octanol–water partition coefficient (Wildman–Crippen LogP) is 13.1. The molecule has 6 aromatic rings. The number of benzene rings is 6. The van der Waals surface area contributed by atoms with Crippen LogP contribution < -0.4 is 10.1 Å². The number of nitrogens with one attached hydrogen (secondary N) is 1. The summed E-state index contributed by atoms with van der Waals surface area (Å²) in [5.41, 5.74) is 4.06. The lowest BCUT2D eigenvalue weighted by atomic mass is 10.1. The van der Waals surface area contributed by atoms with Crippen LogP contribution in [0, 0.1) is 20.8 Å². The Bertz CT molecular complexity index is 3920. The molecule has 27 heteroatoms. The molecule has 0 unspecified atom stereocenters. The zero-order chi connectivity index (χ0) is 55.8. The molecule has 0 aromatic heterocycles. The number of hydrogen-bond acceptors (Lipinski definition) is 19. The average molecular weight is 1120 g/mol. The summed E-state index contributed by atoms with van der Waals surface area (Å²) in [6.45, 7) is 12.4. The second-order valence-electron chi connectivity index (χ2n) is 16.7. The second-order valence-corrected chi connectivity index (χ2v) is 22.5. The highest BCUT2D eigenvalue weighted by atomic mass is 32.2. The summed E-state index contributed by atoms with van der Waals surface area (Å²) in [5, 5.41) is 48.8. The van der Waals surface area contributed by atoms with Gasteiger partial charge in [-0.15, -0.1) is 15.3 Å². The van der Waals surface area contributed by atoms with Gasteiger partial charge in [-0.3, -0.25) is 18.2 Å². The number of aryl methyl sites for hydroxylation is 3. The highest BCUT2D eigenvalue weighted by Gasteiger charge is 2.24. The van der Waals surface area contributed by atoms with Crippen molar-refractivity contribution in [2.45, 2.75) is 62.1 Å². The number of anilines is 2. The minimum Gasteiger partial charge on any atom is -0.505 e. The Balaban J connectivity index is 1.23. The third-order valence-corrected chi connectivity index (χ3v) is 14.2. The van der Waals surface area contributed by atoms with Crippen LogP contribution in [0.5, 0.6) is 11.5 Å². The largest absolute Gasteiger partial charge is 0.505 e. The number of hydrogen-bond donors (Lipinski definition) is 6. The van der Waals surface area contributed by atoms with Gasteiger partial charge in [-0.25, -0.2) is 0 Å².